The lowest BCUT2D eigenvalue weighted by Crippen LogP contribution is -2.46. The number of aliphatic hydroxyl groups is 1. The summed E-state index contributed by atoms with van der Waals surface area (Å²) in [5.74, 6) is 0.914. The minimum absolute atomic E-state index is 0.394. The third-order valence-electron chi connectivity index (χ3n) is 3.65. The molecule has 0 radical (unpaired) electrons. The van der Waals surface area contributed by atoms with E-state index in [1.807, 2.05) is 6.92 Å². The van der Waals surface area contributed by atoms with Crippen LogP contribution in [0.25, 0.3) is 0 Å². The fourth-order valence-corrected chi connectivity index (χ4v) is 2.18. The summed E-state index contributed by atoms with van der Waals surface area (Å²) in [6, 6.07) is 0. The second kappa shape index (κ2) is 4.17. The quantitative estimate of drug-likeness (QED) is 0.691. The van der Waals surface area contributed by atoms with Crippen LogP contribution in [0, 0.1) is 5.92 Å². The Hall–Kier alpha value is -0.120. The zero-order valence-electron chi connectivity index (χ0n) is 9.13. The molecule has 2 fully saturated rings. The first-order valence-electron chi connectivity index (χ1n) is 5.81. The van der Waals surface area contributed by atoms with Crippen molar-refractivity contribution in [3.8, 4) is 0 Å². The van der Waals surface area contributed by atoms with Crippen molar-refractivity contribution >= 4 is 0 Å². The van der Waals surface area contributed by atoms with Gasteiger partial charge in [-0.25, -0.2) is 0 Å². The minimum Gasteiger partial charge on any atom is -0.390 e. The summed E-state index contributed by atoms with van der Waals surface area (Å²) in [7, 11) is 0. The predicted octanol–water partition coefficient (Wildman–Crippen LogP) is 0.443. The highest BCUT2D eigenvalue weighted by molar-refractivity contribution is 4.83. The van der Waals surface area contributed by atoms with Gasteiger partial charge in [0.25, 0.3) is 0 Å². The third-order valence-corrected chi connectivity index (χ3v) is 3.65. The Morgan fingerprint density at radius 1 is 1.36 bits per heavy atom. The minimum atomic E-state index is -0.394. The summed E-state index contributed by atoms with van der Waals surface area (Å²) in [5.41, 5.74) is -0.394. The van der Waals surface area contributed by atoms with Crippen LogP contribution in [0.15, 0.2) is 0 Å². The molecule has 2 saturated heterocycles. The van der Waals surface area contributed by atoms with Crippen LogP contribution in [0.4, 0.5) is 0 Å². The second-order valence-electron chi connectivity index (χ2n) is 5.15. The van der Waals surface area contributed by atoms with Crippen molar-refractivity contribution < 1.29 is 5.11 Å². The number of hydrogen-bond acceptors (Lipinski definition) is 3. The summed E-state index contributed by atoms with van der Waals surface area (Å²) in [4.78, 5) is 2.50. The van der Waals surface area contributed by atoms with Crippen LogP contribution < -0.4 is 5.32 Å². The fraction of sp³-hybridized carbons (Fsp3) is 1.00. The van der Waals surface area contributed by atoms with Crippen LogP contribution in [-0.4, -0.2) is 48.3 Å². The molecule has 0 aromatic heterocycles. The Morgan fingerprint density at radius 3 is 2.50 bits per heavy atom. The van der Waals surface area contributed by atoms with Gasteiger partial charge in [-0.15, -0.1) is 0 Å². The molecule has 14 heavy (non-hydrogen) atoms. The van der Waals surface area contributed by atoms with E-state index in [-0.39, 0.29) is 0 Å². The van der Waals surface area contributed by atoms with E-state index in [9.17, 15) is 5.11 Å². The van der Waals surface area contributed by atoms with Crippen molar-refractivity contribution in [1.29, 1.82) is 0 Å². The van der Waals surface area contributed by atoms with Gasteiger partial charge in [0, 0.05) is 13.1 Å². The zero-order valence-corrected chi connectivity index (χ0v) is 9.13. The maximum atomic E-state index is 9.79. The van der Waals surface area contributed by atoms with E-state index in [4.69, 9.17) is 0 Å². The topological polar surface area (TPSA) is 35.5 Å². The van der Waals surface area contributed by atoms with Gasteiger partial charge < -0.3 is 15.3 Å². The molecule has 2 aliphatic rings. The van der Waals surface area contributed by atoms with Crippen LogP contribution in [0.5, 0.6) is 0 Å². The van der Waals surface area contributed by atoms with Crippen LogP contribution in [0.1, 0.15) is 26.2 Å². The third kappa shape index (κ3) is 2.69. The summed E-state index contributed by atoms with van der Waals surface area (Å²) in [6.45, 7) is 7.76. The van der Waals surface area contributed by atoms with Crippen molar-refractivity contribution in [3.05, 3.63) is 0 Å². The lowest BCUT2D eigenvalue weighted by atomic mass is 9.93. The number of piperidine rings is 1. The first kappa shape index (κ1) is 10.4. The van der Waals surface area contributed by atoms with Gasteiger partial charge in [0.15, 0.2) is 0 Å². The monoisotopic (exact) mass is 198 g/mol. The molecular formula is C11H22N2O. The lowest BCUT2D eigenvalue weighted by Gasteiger charge is -2.37. The highest BCUT2D eigenvalue weighted by atomic mass is 16.3. The van der Waals surface area contributed by atoms with Gasteiger partial charge in [-0.1, -0.05) is 0 Å². The van der Waals surface area contributed by atoms with Crippen molar-refractivity contribution in [3.63, 3.8) is 0 Å². The van der Waals surface area contributed by atoms with Crippen molar-refractivity contribution in [2.75, 3.05) is 32.7 Å². The van der Waals surface area contributed by atoms with E-state index in [0.29, 0.717) is 0 Å². The number of nitrogens with zero attached hydrogens (tertiary/aromatic N) is 1. The lowest BCUT2D eigenvalue weighted by molar-refractivity contribution is -0.00677. The number of nitrogens with one attached hydrogen (secondary N) is 1. The molecule has 0 unspecified atom stereocenters. The zero-order chi connectivity index (χ0) is 10.0. The van der Waals surface area contributed by atoms with Gasteiger partial charge in [0.2, 0.25) is 0 Å². The largest absolute Gasteiger partial charge is 0.390 e. The van der Waals surface area contributed by atoms with Crippen LogP contribution in [0.2, 0.25) is 0 Å². The normalized spacial score (nSPS) is 28.7. The molecule has 2 N–H and O–H groups in total. The van der Waals surface area contributed by atoms with Crippen LogP contribution >= 0.6 is 0 Å². The maximum absolute atomic E-state index is 9.79. The van der Waals surface area contributed by atoms with Gasteiger partial charge >= 0.3 is 0 Å². The molecule has 0 amide bonds. The SMILES string of the molecule is CC1(O)CCN(CCC2CNC2)CC1. The first-order chi connectivity index (χ1) is 6.66. The molecule has 3 nitrogen and oxygen atoms in total. The molecular weight excluding hydrogens is 176 g/mol. The summed E-state index contributed by atoms with van der Waals surface area (Å²) >= 11 is 0. The molecule has 2 heterocycles. The summed E-state index contributed by atoms with van der Waals surface area (Å²) in [6.07, 6.45) is 3.21. The van der Waals surface area contributed by atoms with Gasteiger partial charge in [-0.2, -0.15) is 0 Å². The molecule has 0 saturated carbocycles. The molecule has 0 bridgehead atoms. The van der Waals surface area contributed by atoms with Crippen molar-refractivity contribution in [2.45, 2.75) is 31.8 Å². The number of rotatable bonds is 3. The molecule has 0 aromatic rings. The average molecular weight is 198 g/mol. The Kier molecular flexibility index (Phi) is 3.10. The fourth-order valence-electron chi connectivity index (χ4n) is 2.18. The highest BCUT2D eigenvalue weighted by Gasteiger charge is 2.27. The van der Waals surface area contributed by atoms with Gasteiger partial charge in [-0.05, 0) is 51.7 Å². The summed E-state index contributed by atoms with van der Waals surface area (Å²) in [5, 5.41) is 13.1. The molecule has 2 aliphatic heterocycles. The Morgan fingerprint density at radius 2 is 2.00 bits per heavy atom. The standard InChI is InChI=1S/C11H22N2O/c1-11(14)3-6-13(7-4-11)5-2-10-8-12-9-10/h10,12,14H,2-9H2,1H3. The first-order valence-corrected chi connectivity index (χ1v) is 5.81. The summed E-state index contributed by atoms with van der Waals surface area (Å²) < 4.78 is 0. The predicted molar refractivity (Wildman–Crippen MR) is 57.3 cm³/mol. The Balaban J connectivity index is 1.63. The molecule has 0 atom stereocenters. The average Bonchev–Trinajstić information content (AvgIpc) is 2.05. The molecule has 82 valence electrons. The van der Waals surface area contributed by atoms with Gasteiger partial charge in [-0.3, -0.25) is 0 Å². The van der Waals surface area contributed by atoms with Crippen LogP contribution in [0.3, 0.4) is 0 Å². The van der Waals surface area contributed by atoms with Crippen molar-refractivity contribution in [1.82, 2.24) is 10.2 Å². The molecule has 2 rings (SSSR count). The number of likely N-dealkylation sites (tertiary alicyclic amines) is 1. The van der Waals surface area contributed by atoms with E-state index >= 15 is 0 Å². The van der Waals surface area contributed by atoms with E-state index in [1.54, 1.807) is 0 Å². The van der Waals surface area contributed by atoms with E-state index in [1.165, 1.54) is 26.1 Å². The molecule has 0 aliphatic carbocycles. The van der Waals surface area contributed by atoms with E-state index in [2.05, 4.69) is 10.2 Å². The second-order valence-corrected chi connectivity index (χ2v) is 5.15. The van der Waals surface area contributed by atoms with Crippen LogP contribution in [-0.2, 0) is 0 Å². The Labute approximate surface area is 86.5 Å². The Bertz CT molecular complexity index is 180. The molecule has 3 heteroatoms. The van der Waals surface area contributed by atoms with Crippen molar-refractivity contribution in [2.24, 2.45) is 5.92 Å². The number of hydrogen-bond donors (Lipinski definition) is 2. The maximum Gasteiger partial charge on any atom is 0.0644 e. The smallest absolute Gasteiger partial charge is 0.0644 e. The van der Waals surface area contributed by atoms with Gasteiger partial charge in [0.05, 0.1) is 5.60 Å². The van der Waals surface area contributed by atoms with Gasteiger partial charge in [0.1, 0.15) is 0 Å². The van der Waals surface area contributed by atoms with E-state index in [0.717, 1.165) is 31.8 Å². The van der Waals surface area contributed by atoms with E-state index < -0.39 is 5.60 Å². The highest BCUT2D eigenvalue weighted by Crippen LogP contribution is 2.21. The molecule has 0 spiro atoms. The molecule has 0 aromatic carbocycles.